The maximum Gasteiger partial charge on any atom is 0.139 e. The van der Waals surface area contributed by atoms with E-state index in [1.165, 1.54) is 0 Å². The number of anilines is 1. The summed E-state index contributed by atoms with van der Waals surface area (Å²) in [6, 6.07) is 4.23. The van der Waals surface area contributed by atoms with Gasteiger partial charge in [0.1, 0.15) is 10.8 Å². The molecule has 0 aliphatic heterocycles. The quantitative estimate of drug-likeness (QED) is 0.798. The average Bonchev–Trinajstić information content (AvgIpc) is 2.30. The van der Waals surface area contributed by atoms with E-state index in [0.29, 0.717) is 11.0 Å². The Kier molecular flexibility index (Phi) is 4.68. The Morgan fingerprint density at radius 2 is 2.25 bits per heavy atom. The van der Waals surface area contributed by atoms with Gasteiger partial charge in [-0.25, -0.2) is 4.98 Å². The molecule has 2 N–H and O–H groups in total. The molecular weight excluding hydrogens is 218 g/mol. The van der Waals surface area contributed by atoms with E-state index in [1.54, 1.807) is 6.20 Å². The highest BCUT2D eigenvalue weighted by Crippen LogP contribution is 2.20. The van der Waals surface area contributed by atoms with Gasteiger partial charge in [0.25, 0.3) is 0 Å². The normalized spacial score (nSPS) is 12.2. The van der Waals surface area contributed by atoms with Crippen LogP contribution in [0, 0.1) is 0 Å². The van der Waals surface area contributed by atoms with E-state index in [1.807, 2.05) is 12.1 Å². The van der Waals surface area contributed by atoms with Gasteiger partial charge >= 0.3 is 0 Å². The van der Waals surface area contributed by atoms with Crippen molar-refractivity contribution in [1.29, 1.82) is 0 Å². The second kappa shape index (κ2) is 5.80. The molecule has 1 rings (SSSR count). The zero-order chi connectivity index (χ0) is 12.1. The van der Waals surface area contributed by atoms with Crippen LogP contribution < -0.4 is 10.6 Å². The maximum atomic E-state index is 5.71. The lowest BCUT2D eigenvalue weighted by Crippen LogP contribution is -2.34. The van der Waals surface area contributed by atoms with Crippen molar-refractivity contribution >= 4 is 23.0 Å². The van der Waals surface area contributed by atoms with E-state index in [2.05, 4.69) is 30.7 Å². The smallest absolute Gasteiger partial charge is 0.139 e. The summed E-state index contributed by atoms with van der Waals surface area (Å²) in [6.45, 7) is 7.37. The van der Waals surface area contributed by atoms with Gasteiger partial charge in [-0.2, -0.15) is 0 Å². The molecule has 0 aliphatic rings. The molecule has 0 fully saturated rings. The number of nitrogens with two attached hydrogens (primary N) is 1. The van der Waals surface area contributed by atoms with E-state index in [4.69, 9.17) is 18.0 Å². The highest BCUT2D eigenvalue weighted by atomic mass is 32.1. The van der Waals surface area contributed by atoms with E-state index < -0.39 is 0 Å². The molecule has 16 heavy (non-hydrogen) atoms. The van der Waals surface area contributed by atoms with Crippen LogP contribution >= 0.6 is 12.2 Å². The van der Waals surface area contributed by atoms with Crippen molar-refractivity contribution in [2.45, 2.75) is 33.2 Å². The lowest BCUT2D eigenvalue weighted by molar-refractivity contribution is 0.623. The van der Waals surface area contributed by atoms with Gasteiger partial charge in [0.05, 0.1) is 5.56 Å². The number of nitrogens with zero attached hydrogens (tertiary/aromatic N) is 2. The number of hydrogen-bond donors (Lipinski definition) is 1. The summed E-state index contributed by atoms with van der Waals surface area (Å²) in [7, 11) is 0. The van der Waals surface area contributed by atoms with Gasteiger partial charge < -0.3 is 10.6 Å². The van der Waals surface area contributed by atoms with Crippen LogP contribution in [0.2, 0.25) is 0 Å². The van der Waals surface area contributed by atoms with Crippen molar-refractivity contribution in [1.82, 2.24) is 4.98 Å². The van der Waals surface area contributed by atoms with Crippen LogP contribution in [-0.4, -0.2) is 22.6 Å². The summed E-state index contributed by atoms with van der Waals surface area (Å²) < 4.78 is 0. The summed E-state index contributed by atoms with van der Waals surface area (Å²) >= 11 is 5.05. The molecular formula is C12H19N3S. The Bertz CT molecular complexity index is 365. The fourth-order valence-corrected chi connectivity index (χ4v) is 1.87. The minimum atomic E-state index is 0.407. The summed E-state index contributed by atoms with van der Waals surface area (Å²) in [6.07, 6.45) is 2.85. The largest absolute Gasteiger partial charge is 0.389 e. The molecule has 0 aromatic carbocycles. The first-order valence-electron chi connectivity index (χ1n) is 5.63. The zero-order valence-corrected chi connectivity index (χ0v) is 10.9. The number of aromatic nitrogens is 1. The molecule has 0 saturated carbocycles. The third-order valence-corrected chi connectivity index (χ3v) is 3.01. The molecule has 1 aromatic rings. The summed E-state index contributed by atoms with van der Waals surface area (Å²) in [5.41, 5.74) is 6.57. The first kappa shape index (κ1) is 12.9. The van der Waals surface area contributed by atoms with Gasteiger partial charge in [0.15, 0.2) is 0 Å². The molecule has 1 atom stereocenters. The Morgan fingerprint density at radius 1 is 1.56 bits per heavy atom. The molecule has 1 heterocycles. The predicted molar refractivity (Wildman–Crippen MR) is 72.9 cm³/mol. The average molecular weight is 237 g/mol. The third-order valence-electron chi connectivity index (χ3n) is 2.79. The zero-order valence-electron chi connectivity index (χ0n) is 10.1. The van der Waals surface area contributed by atoms with Crippen LogP contribution in [0.5, 0.6) is 0 Å². The van der Waals surface area contributed by atoms with Crippen molar-refractivity contribution in [3.05, 3.63) is 23.9 Å². The van der Waals surface area contributed by atoms with E-state index in [0.717, 1.165) is 24.3 Å². The lowest BCUT2D eigenvalue weighted by Gasteiger charge is -2.29. The molecule has 0 spiro atoms. The SMILES string of the molecule is CCC(C)N(CC)c1ncccc1C(N)=S. The van der Waals surface area contributed by atoms with Gasteiger partial charge in [-0.15, -0.1) is 0 Å². The van der Waals surface area contributed by atoms with Gasteiger partial charge in [-0.05, 0) is 32.4 Å². The van der Waals surface area contributed by atoms with E-state index >= 15 is 0 Å². The topological polar surface area (TPSA) is 42.2 Å². The first-order chi connectivity index (χ1) is 7.61. The minimum Gasteiger partial charge on any atom is -0.389 e. The molecule has 0 aliphatic carbocycles. The van der Waals surface area contributed by atoms with E-state index in [9.17, 15) is 0 Å². The molecule has 0 saturated heterocycles. The van der Waals surface area contributed by atoms with Crippen LogP contribution in [-0.2, 0) is 0 Å². The molecule has 1 aromatic heterocycles. The summed E-state index contributed by atoms with van der Waals surface area (Å²) in [4.78, 5) is 7.04. The number of thiocarbonyl (C=S) groups is 1. The van der Waals surface area contributed by atoms with Crippen LogP contribution in [0.25, 0.3) is 0 Å². The van der Waals surface area contributed by atoms with Crippen LogP contribution in [0.15, 0.2) is 18.3 Å². The Hall–Kier alpha value is -1.16. The van der Waals surface area contributed by atoms with Crippen LogP contribution in [0.3, 0.4) is 0 Å². The monoisotopic (exact) mass is 237 g/mol. The number of pyridine rings is 1. The molecule has 3 nitrogen and oxygen atoms in total. The first-order valence-corrected chi connectivity index (χ1v) is 6.04. The van der Waals surface area contributed by atoms with E-state index in [-0.39, 0.29) is 0 Å². The summed E-state index contributed by atoms with van der Waals surface area (Å²) in [5.74, 6) is 0.895. The molecule has 0 radical (unpaired) electrons. The molecule has 4 heteroatoms. The third kappa shape index (κ3) is 2.70. The van der Waals surface area contributed by atoms with Gasteiger partial charge in [0.2, 0.25) is 0 Å². The maximum absolute atomic E-state index is 5.71. The van der Waals surface area contributed by atoms with Crippen molar-refractivity contribution in [3.8, 4) is 0 Å². The molecule has 0 amide bonds. The van der Waals surface area contributed by atoms with Crippen molar-refractivity contribution in [2.75, 3.05) is 11.4 Å². The second-order valence-corrected chi connectivity index (χ2v) is 4.22. The summed E-state index contributed by atoms with van der Waals surface area (Å²) in [5, 5.41) is 0. The lowest BCUT2D eigenvalue weighted by atomic mass is 10.1. The highest BCUT2D eigenvalue weighted by molar-refractivity contribution is 7.80. The van der Waals surface area contributed by atoms with Crippen molar-refractivity contribution < 1.29 is 0 Å². The Morgan fingerprint density at radius 3 is 2.75 bits per heavy atom. The second-order valence-electron chi connectivity index (χ2n) is 3.78. The molecule has 1 unspecified atom stereocenters. The van der Waals surface area contributed by atoms with Crippen molar-refractivity contribution in [3.63, 3.8) is 0 Å². The predicted octanol–water partition coefficient (Wildman–Crippen LogP) is 2.34. The number of rotatable bonds is 5. The van der Waals surface area contributed by atoms with Gasteiger partial charge in [0, 0.05) is 18.8 Å². The molecule has 0 bridgehead atoms. The number of hydrogen-bond acceptors (Lipinski definition) is 3. The van der Waals surface area contributed by atoms with Crippen LogP contribution in [0.4, 0.5) is 5.82 Å². The highest BCUT2D eigenvalue weighted by Gasteiger charge is 2.16. The van der Waals surface area contributed by atoms with Crippen molar-refractivity contribution in [2.24, 2.45) is 5.73 Å². The standard InChI is InChI=1S/C12H19N3S/c1-4-9(3)15(5-2)12-10(11(13)16)7-6-8-14-12/h6-9H,4-5H2,1-3H3,(H2,13,16). The van der Waals surface area contributed by atoms with Gasteiger partial charge in [-0.3, -0.25) is 0 Å². The minimum absolute atomic E-state index is 0.407. The van der Waals surface area contributed by atoms with Crippen LogP contribution in [0.1, 0.15) is 32.8 Å². The molecule has 88 valence electrons. The Balaban J connectivity index is 3.14. The Labute approximate surface area is 103 Å². The fraction of sp³-hybridized carbons (Fsp3) is 0.500. The fourth-order valence-electron chi connectivity index (χ4n) is 1.71. The van der Waals surface area contributed by atoms with Gasteiger partial charge in [-0.1, -0.05) is 19.1 Å².